The molecule has 0 unspecified atom stereocenters. The number of ether oxygens (including phenoxy) is 2. The third-order valence-electron chi connectivity index (χ3n) is 7.57. The molecule has 1 aromatic heterocycles. The van der Waals surface area contributed by atoms with Crippen LogP contribution in [0.25, 0.3) is 10.9 Å². The van der Waals surface area contributed by atoms with Gasteiger partial charge in [-0.05, 0) is 37.1 Å². The topological polar surface area (TPSA) is 82.6 Å². The Hall–Kier alpha value is -3.40. The molecule has 208 valence electrons. The minimum absolute atomic E-state index is 0.00501. The van der Waals surface area contributed by atoms with E-state index >= 15 is 0 Å². The SMILES string of the molecule is COc1ccccc1C(=O)N1CCN(C/C(C)=N/OCCN2CCOCC2)C[C@H]1Cc1c[nH]c2ccccc12. The Kier molecular flexibility index (Phi) is 9.13. The molecule has 1 N–H and O–H groups in total. The monoisotopic (exact) mass is 533 g/mol. The second-order valence-electron chi connectivity index (χ2n) is 10.3. The third-order valence-corrected chi connectivity index (χ3v) is 7.57. The number of aromatic amines is 1. The number of methoxy groups -OCH3 is 1. The minimum Gasteiger partial charge on any atom is -0.496 e. The maximum atomic E-state index is 13.8. The molecule has 3 heterocycles. The van der Waals surface area contributed by atoms with E-state index in [2.05, 4.69) is 44.3 Å². The van der Waals surface area contributed by atoms with E-state index in [4.69, 9.17) is 14.3 Å². The van der Waals surface area contributed by atoms with Crippen LogP contribution in [0.3, 0.4) is 0 Å². The smallest absolute Gasteiger partial charge is 0.257 e. The molecule has 1 amide bonds. The van der Waals surface area contributed by atoms with Crippen LogP contribution in [0.5, 0.6) is 5.75 Å². The molecule has 9 heteroatoms. The first-order valence-corrected chi connectivity index (χ1v) is 13.8. The Morgan fingerprint density at radius 1 is 1.05 bits per heavy atom. The molecule has 9 nitrogen and oxygen atoms in total. The first-order chi connectivity index (χ1) is 19.1. The highest BCUT2D eigenvalue weighted by atomic mass is 16.6. The molecular weight excluding hydrogens is 494 g/mol. The number of nitrogens with zero attached hydrogens (tertiary/aromatic N) is 4. The van der Waals surface area contributed by atoms with Gasteiger partial charge in [-0.1, -0.05) is 35.5 Å². The largest absolute Gasteiger partial charge is 0.496 e. The lowest BCUT2D eigenvalue weighted by Gasteiger charge is -2.41. The number of para-hydroxylation sites is 2. The molecule has 0 bridgehead atoms. The van der Waals surface area contributed by atoms with Crippen LogP contribution >= 0.6 is 0 Å². The summed E-state index contributed by atoms with van der Waals surface area (Å²) in [7, 11) is 1.61. The van der Waals surface area contributed by atoms with Crippen molar-refractivity contribution in [2.75, 3.05) is 72.7 Å². The molecule has 5 rings (SSSR count). The number of nitrogens with one attached hydrogen (secondary N) is 1. The summed E-state index contributed by atoms with van der Waals surface area (Å²) in [5, 5.41) is 5.58. The number of carbonyl (C=O) groups is 1. The highest BCUT2D eigenvalue weighted by Gasteiger charge is 2.33. The molecular formula is C30H39N5O4. The number of fused-ring (bicyclic) bond motifs is 1. The lowest BCUT2D eigenvalue weighted by molar-refractivity contribution is 0.0209. The maximum absolute atomic E-state index is 13.8. The average Bonchev–Trinajstić information content (AvgIpc) is 3.38. The van der Waals surface area contributed by atoms with Gasteiger partial charge in [0, 0.05) is 69.0 Å². The van der Waals surface area contributed by atoms with Crippen molar-refractivity contribution in [3.05, 3.63) is 65.9 Å². The number of morpholine rings is 1. The summed E-state index contributed by atoms with van der Waals surface area (Å²) >= 11 is 0. The van der Waals surface area contributed by atoms with Gasteiger partial charge in [-0.25, -0.2) is 0 Å². The van der Waals surface area contributed by atoms with Crippen molar-refractivity contribution in [3.63, 3.8) is 0 Å². The first-order valence-electron chi connectivity index (χ1n) is 13.8. The standard InChI is InChI=1S/C30H39N5O4/c1-23(32-39-18-15-33-13-16-38-17-14-33)21-34-11-12-35(30(36)27-8-4-6-10-29(27)37-2)25(22-34)19-24-20-31-28-9-5-3-7-26(24)28/h3-10,20,25,31H,11-19,21-22H2,1-2H3/b32-23+/t25-/m1/s1. The fourth-order valence-electron chi connectivity index (χ4n) is 5.54. The van der Waals surface area contributed by atoms with Crippen LogP contribution < -0.4 is 4.74 Å². The van der Waals surface area contributed by atoms with Gasteiger partial charge >= 0.3 is 0 Å². The van der Waals surface area contributed by atoms with E-state index < -0.39 is 0 Å². The third kappa shape index (κ3) is 6.79. The maximum Gasteiger partial charge on any atom is 0.257 e. The molecule has 3 aromatic rings. The molecule has 0 radical (unpaired) electrons. The Morgan fingerprint density at radius 2 is 1.85 bits per heavy atom. The van der Waals surface area contributed by atoms with Crippen molar-refractivity contribution in [2.24, 2.45) is 5.16 Å². The predicted molar refractivity (Wildman–Crippen MR) is 153 cm³/mol. The van der Waals surface area contributed by atoms with Crippen molar-refractivity contribution in [2.45, 2.75) is 19.4 Å². The Balaban J connectivity index is 1.26. The molecule has 0 saturated carbocycles. The van der Waals surface area contributed by atoms with Crippen molar-refractivity contribution in [1.29, 1.82) is 0 Å². The number of oxime groups is 1. The van der Waals surface area contributed by atoms with E-state index in [0.29, 0.717) is 31.0 Å². The lowest BCUT2D eigenvalue weighted by atomic mass is 10.00. The number of amides is 1. The van der Waals surface area contributed by atoms with Crippen molar-refractivity contribution >= 4 is 22.5 Å². The van der Waals surface area contributed by atoms with Gasteiger partial charge in [0.05, 0.1) is 31.6 Å². The zero-order chi connectivity index (χ0) is 27.0. The predicted octanol–water partition coefficient (Wildman–Crippen LogP) is 3.27. The first kappa shape index (κ1) is 27.2. The van der Waals surface area contributed by atoms with E-state index in [1.54, 1.807) is 7.11 Å². The van der Waals surface area contributed by atoms with Crippen LogP contribution in [0, 0.1) is 0 Å². The number of hydrogen-bond acceptors (Lipinski definition) is 7. The van der Waals surface area contributed by atoms with Gasteiger partial charge in [-0.3, -0.25) is 14.6 Å². The quantitative estimate of drug-likeness (QED) is 0.245. The van der Waals surface area contributed by atoms with Crippen molar-refractivity contribution < 1.29 is 19.1 Å². The summed E-state index contributed by atoms with van der Waals surface area (Å²) in [5.41, 5.74) is 3.86. The van der Waals surface area contributed by atoms with Gasteiger partial charge in [-0.15, -0.1) is 0 Å². The Bertz CT molecular complexity index is 1270. The second-order valence-corrected chi connectivity index (χ2v) is 10.3. The number of hydrogen-bond donors (Lipinski definition) is 1. The van der Waals surface area contributed by atoms with Crippen LogP contribution in [-0.4, -0.2) is 110 Å². The van der Waals surface area contributed by atoms with Crippen LogP contribution in [0.4, 0.5) is 0 Å². The summed E-state index contributed by atoms with van der Waals surface area (Å²) in [6.45, 7) is 9.76. The van der Waals surface area contributed by atoms with E-state index in [-0.39, 0.29) is 11.9 Å². The van der Waals surface area contributed by atoms with Crippen molar-refractivity contribution in [1.82, 2.24) is 19.7 Å². The highest BCUT2D eigenvalue weighted by molar-refractivity contribution is 5.97. The van der Waals surface area contributed by atoms with E-state index in [0.717, 1.165) is 63.6 Å². The fourth-order valence-corrected chi connectivity index (χ4v) is 5.54. The van der Waals surface area contributed by atoms with Crippen LogP contribution in [-0.2, 0) is 16.0 Å². The molecule has 2 aliphatic heterocycles. The summed E-state index contributed by atoms with van der Waals surface area (Å²) < 4.78 is 10.9. The molecule has 2 fully saturated rings. The van der Waals surface area contributed by atoms with Crippen LogP contribution in [0.1, 0.15) is 22.8 Å². The van der Waals surface area contributed by atoms with Gasteiger partial charge in [-0.2, -0.15) is 0 Å². The zero-order valence-electron chi connectivity index (χ0n) is 23.0. The molecule has 0 aliphatic carbocycles. The molecule has 2 aromatic carbocycles. The summed E-state index contributed by atoms with van der Waals surface area (Å²) in [6, 6.07) is 15.8. The van der Waals surface area contributed by atoms with Gasteiger partial charge < -0.3 is 24.2 Å². The van der Waals surface area contributed by atoms with Gasteiger partial charge in [0.1, 0.15) is 12.4 Å². The number of benzene rings is 2. The van der Waals surface area contributed by atoms with Crippen LogP contribution in [0.15, 0.2) is 59.9 Å². The normalized spacial score (nSPS) is 19.4. The molecule has 2 aliphatic rings. The van der Waals surface area contributed by atoms with Gasteiger partial charge in [0.15, 0.2) is 0 Å². The molecule has 1 atom stereocenters. The Labute approximate surface area is 230 Å². The fraction of sp³-hybridized carbons (Fsp3) is 0.467. The number of H-pyrrole nitrogens is 1. The van der Waals surface area contributed by atoms with Crippen LogP contribution in [0.2, 0.25) is 0 Å². The summed E-state index contributed by atoms with van der Waals surface area (Å²) in [5.74, 6) is 0.613. The number of rotatable bonds is 10. The summed E-state index contributed by atoms with van der Waals surface area (Å²) in [4.78, 5) is 29.5. The second kappa shape index (κ2) is 13.1. The number of carbonyl (C=O) groups excluding carboxylic acids is 1. The van der Waals surface area contributed by atoms with E-state index in [1.165, 1.54) is 10.9 Å². The van der Waals surface area contributed by atoms with E-state index in [9.17, 15) is 4.79 Å². The molecule has 39 heavy (non-hydrogen) atoms. The number of piperazine rings is 1. The lowest BCUT2D eigenvalue weighted by Crippen LogP contribution is -2.56. The summed E-state index contributed by atoms with van der Waals surface area (Å²) in [6.07, 6.45) is 2.83. The van der Waals surface area contributed by atoms with Gasteiger partial charge in [0.25, 0.3) is 5.91 Å². The zero-order valence-corrected chi connectivity index (χ0v) is 23.0. The molecule has 2 saturated heterocycles. The minimum atomic E-state index is 0.00501. The average molecular weight is 534 g/mol. The highest BCUT2D eigenvalue weighted by Crippen LogP contribution is 2.26. The molecule has 0 spiro atoms. The van der Waals surface area contributed by atoms with Crippen molar-refractivity contribution in [3.8, 4) is 5.75 Å². The van der Waals surface area contributed by atoms with Gasteiger partial charge in [0.2, 0.25) is 0 Å². The Morgan fingerprint density at radius 3 is 2.69 bits per heavy atom. The van der Waals surface area contributed by atoms with E-state index in [1.807, 2.05) is 42.2 Å². The number of aromatic nitrogens is 1.